The minimum Gasteiger partial charge on any atom is -0.303 e. The Labute approximate surface area is 123 Å². The summed E-state index contributed by atoms with van der Waals surface area (Å²) in [4.78, 5) is 30.1. The molecule has 21 heavy (non-hydrogen) atoms. The van der Waals surface area contributed by atoms with E-state index in [0.717, 1.165) is 11.1 Å². The summed E-state index contributed by atoms with van der Waals surface area (Å²) in [6.45, 7) is 0. The lowest BCUT2D eigenvalue weighted by molar-refractivity contribution is -0.114. The van der Waals surface area contributed by atoms with Crippen molar-refractivity contribution in [2.24, 2.45) is 0 Å². The molecule has 3 nitrogen and oxygen atoms in total. The summed E-state index contributed by atoms with van der Waals surface area (Å²) in [6.07, 6.45) is 4.58. The van der Waals surface area contributed by atoms with Gasteiger partial charge in [0.05, 0.1) is 6.42 Å². The predicted octanol–water partition coefficient (Wildman–Crippen LogP) is 3.36. The highest BCUT2D eigenvalue weighted by atomic mass is 16.1. The summed E-state index contributed by atoms with van der Waals surface area (Å²) < 4.78 is 0. The molecule has 0 spiro atoms. The van der Waals surface area contributed by atoms with Crippen LogP contribution >= 0.6 is 0 Å². The number of hydrogen-bond donors (Lipinski definition) is 0. The van der Waals surface area contributed by atoms with Crippen molar-refractivity contribution in [3.05, 3.63) is 77.9 Å². The fourth-order valence-corrected chi connectivity index (χ4v) is 1.47. The van der Waals surface area contributed by atoms with Gasteiger partial charge in [0.25, 0.3) is 0 Å². The van der Waals surface area contributed by atoms with Crippen molar-refractivity contribution < 1.29 is 14.4 Å². The van der Waals surface area contributed by atoms with E-state index in [9.17, 15) is 14.4 Å². The molecule has 106 valence electrons. The maximum absolute atomic E-state index is 11.7. The summed E-state index contributed by atoms with van der Waals surface area (Å²) in [5, 5.41) is 0. The van der Waals surface area contributed by atoms with Gasteiger partial charge < -0.3 is 9.59 Å². The Bertz CT molecular complexity index is 580. The van der Waals surface area contributed by atoms with Crippen LogP contribution in [-0.2, 0) is 9.59 Å². The Morgan fingerprint density at radius 3 is 1.81 bits per heavy atom. The van der Waals surface area contributed by atoms with Gasteiger partial charge in [-0.05, 0) is 11.6 Å². The third-order valence-corrected chi connectivity index (χ3v) is 2.48. The maximum atomic E-state index is 11.7. The van der Waals surface area contributed by atoms with Gasteiger partial charge in [-0.2, -0.15) is 0 Å². The average molecular weight is 280 g/mol. The number of rotatable bonds is 5. The first-order valence-corrected chi connectivity index (χ1v) is 6.47. The molecule has 3 heteroatoms. The number of allylic oxidation sites excluding steroid dienone is 1. The Balaban J connectivity index is 0.000000383. The van der Waals surface area contributed by atoms with Crippen LogP contribution in [0.2, 0.25) is 0 Å². The second kappa shape index (κ2) is 10.0. The van der Waals surface area contributed by atoms with E-state index in [0.29, 0.717) is 12.6 Å². The van der Waals surface area contributed by atoms with E-state index < -0.39 is 0 Å². The Morgan fingerprint density at radius 2 is 1.33 bits per heavy atom. The lowest BCUT2D eigenvalue weighted by Crippen LogP contribution is -1.92. The van der Waals surface area contributed by atoms with Gasteiger partial charge >= 0.3 is 0 Å². The Morgan fingerprint density at radius 1 is 0.810 bits per heavy atom. The zero-order valence-electron chi connectivity index (χ0n) is 11.5. The van der Waals surface area contributed by atoms with Gasteiger partial charge in [-0.25, -0.2) is 0 Å². The summed E-state index contributed by atoms with van der Waals surface area (Å²) in [5.41, 5.74) is 1.75. The predicted molar refractivity (Wildman–Crippen MR) is 83.0 cm³/mol. The largest absolute Gasteiger partial charge is 0.303 e. The van der Waals surface area contributed by atoms with Crippen molar-refractivity contribution in [1.29, 1.82) is 0 Å². The molecule has 0 saturated heterocycles. The van der Waals surface area contributed by atoms with Crippen LogP contribution in [0.15, 0.2) is 66.7 Å². The number of benzene rings is 2. The van der Waals surface area contributed by atoms with E-state index in [1.165, 1.54) is 0 Å². The highest BCUT2D eigenvalue weighted by molar-refractivity contribution is 6.06. The monoisotopic (exact) mass is 280 g/mol. The molecule has 0 aliphatic heterocycles. The fourth-order valence-electron chi connectivity index (χ4n) is 1.47. The third-order valence-electron chi connectivity index (χ3n) is 2.48. The van der Waals surface area contributed by atoms with Crippen LogP contribution in [0.1, 0.15) is 22.3 Å². The number of ketones is 1. The van der Waals surface area contributed by atoms with Gasteiger partial charge in [0, 0.05) is 5.56 Å². The van der Waals surface area contributed by atoms with Crippen LogP contribution in [0.5, 0.6) is 0 Å². The van der Waals surface area contributed by atoms with Crippen LogP contribution in [0.4, 0.5) is 0 Å². The van der Waals surface area contributed by atoms with Gasteiger partial charge in [-0.1, -0.05) is 66.7 Å². The van der Waals surface area contributed by atoms with Crippen molar-refractivity contribution >= 4 is 24.4 Å². The first-order chi connectivity index (χ1) is 10.3. The zero-order valence-corrected chi connectivity index (χ0v) is 11.5. The molecule has 2 aromatic rings. The third kappa shape index (κ3) is 6.78. The van der Waals surface area contributed by atoms with E-state index in [1.807, 2.05) is 66.7 Å². The van der Waals surface area contributed by atoms with E-state index in [-0.39, 0.29) is 12.2 Å². The number of aldehydes is 2. The summed E-state index contributed by atoms with van der Waals surface area (Å²) in [7, 11) is 0. The molecule has 0 bridgehead atoms. The fraction of sp³-hybridized carbons (Fsp3) is 0.0556. The molecule has 0 radical (unpaired) electrons. The van der Waals surface area contributed by atoms with Crippen LogP contribution in [0, 0.1) is 0 Å². The van der Waals surface area contributed by atoms with Crippen molar-refractivity contribution in [1.82, 2.24) is 0 Å². The van der Waals surface area contributed by atoms with Gasteiger partial charge in [0.1, 0.15) is 12.6 Å². The number of carbonyl (C=O) groups excluding carboxylic acids is 3. The van der Waals surface area contributed by atoms with E-state index in [4.69, 9.17) is 0 Å². The number of carbonyl (C=O) groups is 3. The second-order valence-corrected chi connectivity index (χ2v) is 4.04. The maximum Gasteiger partial charge on any atom is 0.185 e. The van der Waals surface area contributed by atoms with Crippen LogP contribution in [0.3, 0.4) is 0 Å². The molecule has 0 amide bonds. The molecule has 2 rings (SSSR count). The quantitative estimate of drug-likeness (QED) is 0.365. The van der Waals surface area contributed by atoms with Crippen LogP contribution < -0.4 is 0 Å². The number of hydrogen-bond acceptors (Lipinski definition) is 3. The average Bonchev–Trinajstić information content (AvgIpc) is 2.56. The standard InChI is InChI=1S/C15H12O.C3H4O2/c16-15(14-9-5-2-6-10-14)12-11-13-7-3-1-4-8-13;4-2-1-3-5/h1-12H;2-3H,1H2. The molecule has 0 N–H and O–H groups in total. The summed E-state index contributed by atoms with van der Waals surface area (Å²) in [6, 6.07) is 19.1. The molecule has 0 saturated carbocycles. The molecule has 0 atom stereocenters. The van der Waals surface area contributed by atoms with Gasteiger partial charge in [0.15, 0.2) is 5.78 Å². The molecule has 0 aliphatic rings. The second-order valence-electron chi connectivity index (χ2n) is 4.04. The van der Waals surface area contributed by atoms with Crippen molar-refractivity contribution in [2.75, 3.05) is 0 Å². The highest BCUT2D eigenvalue weighted by Gasteiger charge is 1.98. The van der Waals surface area contributed by atoms with E-state index in [2.05, 4.69) is 0 Å². The summed E-state index contributed by atoms with van der Waals surface area (Å²) in [5.74, 6) is 0.0319. The molecule has 0 aromatic heterocycles. The van der Waals surface area contributed by atoms with Gasteiger partial charge in [-0.15, -0.1) is 0 Å². The van der Waals surface area contributed by atoms with Crippen LogP contribution in [0.25, 0.3) is 6.08 Å². The minimum atomic E-state index is 0.0278. The SMILES string of the molecule is O=C(C=Cc1ccccc1)c1ccccc1.O=CCC=O. The van der Waals surface area contributed by atoms with Crippen molar-refractivity contribution in [3.63, 3.8) is 0 Å². The van der Waals surface area contributed by atoms with Gasteiger partial charge in [0.2, 0.25) is 0 Å². The van der Waals surface area contributed by atoms with Crippen molar-refractivity contribution in [2.45, 2.75) is 6.42 Å². The molecule has 0 aliphatic carbocycles. The molecule has 0 unspecified atom stereocenters. The van der Waals surface area contributed by atoms with Crippen LogP contribution in [-0.4, -0.2) is 18.4 Å². The molecule has 2 aromatic carbocycles. The Kier molecular flexibility index (Phi) is 7.76. The first-order valence-electron chi connectivity index (χ1n) is 6.47. The van der Waals surface area contributed by atoms with Crippen molar-refractivity contribution in [3.8, 4) is 0 Å². The minimum absolute atomic E-state index is 0.0278. The first kappa shape index (κ1) is 16.2. The van der Waals surface area contributed by atoms with Gasteiger partial charge in [-0.3, -0.25) is 4.79 Å². The zero-order chi connectivity index (χ0) is 15.3. The normalized spacial score (nSPS) is 9.52. The molecular formula is C18H16O3. The highest BCUT2D eigenvalue weighted by Crippen LogP contribution is 2.05. The van der Waals surface area contributed by atoms with E-state index in [1.54, 1.807) is 6.08 Å². The lowest BCUT2D eigenvalue weighted by atomic mass is 10.1. The lowest BCUT2D eigenvalue weighted by Gasteiger charge is -1.94. The smallest absolute Gasteiger partial charge is 0.185 e. The molecule has 0 heterocycles. The molecular weight excluding hydrogens is 264 g/mol. The van der Waals surface area contributed by atoms with E-state index >= 15 is 0 Å². The summed E-state index contributed by atoms with van der Waals surface area (Å²) >= 11 is 0. The topological polar surface area (TPSA) is 51.2 Å². The Hall–Kier alpha value is -2.81. The molecule has 0 fully saturated rings.